The normalized spacial score (nSPS) is 10.9. The van der Waals surface area contributed by atoms with E-state index in [1.165, 1.54) is 5.56 Å². The minimum Gasteiger partial charge on any atom is -0.480 e. The fourth-order valence-electron chi connectivity index (χ4n) is 2.87. The molecule has 28 heavy (non-hydrogen) atoms. The van der Waals surface area contributed by atoms with Gasteiger partial charge in [-0.15, -0.1) is 0 Å². The molecule has 0 saturated heterocycles. The van der Waals surface area contributed by atoms with Gasteiger partial charge in [-0.3, -0.25) is 4.79 Å². The number of carboxylic acid groups (broad SMARTS) is 1. The third kappa shape index (κ3) is 5.08. The van der Waals surface area contributed by atoms with E-state index >= 15 is 0 Å². The van der Waals surface area contributed by atoms with E-state index in [4.69, 9.17) is 11.6 Å². The first-order chi connectivity index (χ1) is 13.4. The molecule has 3 rings (SSSR count). The highest BCUT2D eigenvalue weighted by Gasteiger charge is 2.14. The van der Waals surface area contributed by atoms with Crippen LogP contribution in [0.2, 0.25) is 5.02 Å². The Hall–Kier alpha value is -2.92. The molecule has 144 valence electrons. The van der Waals surface area contributed by atoms with Gasteiger partial charge in [0, 0.05) is 23.3 Å². The van der Waals surface area contributed by atoms with Gasteiger partial charge in [0.2, 0.25) is 0 Å². The maximum Gasteiger partial charge on any atom is 0.323 e. The summed E-state index contributed by atoms with van der Waals surface area (Å²) in [6, 6.07) is 17.2. The second kappa shape index (κ2) is 8.85. The molecule has 0 aliphatic carbocycles. The molecule has 0 amide bonds. The van der Waals surface area contributed by atoms with Crippen LogP contribution in [-0.4, -0.2) is 27.6 Å². The van der Waals surface area contributed by atoms with Gasteiger partial charge in [-0.05, 0) is 35.2 Å². The number of anilines is 1. The molecule has 0 aliphatic heterocycles. The minimum atomic E-state index is -0.921. The zero-order valence-electron chi connectivity index (χ0n) is 15.8. The molecule has 0 radical (unpaired) electrons. The van der Waals surface area contributed by atoms with Crippen LogP contribution in [0.5, 0.6) is 0 Å². The second-order valence-electron chi connectivity index (χ2n) is 6.89. The Morgan fingerprint density at radius 1 is 1.07 bits per heavy atom. The number of halogens is 1. The molecule has 0 spiro atoms. The van der Waals surface area contributed by atoms with E-state index in [2.05, 4.69) is 35.9 Å². The van der Waals surface area contributed by atoms with Gasteiger partial charge in [0.15, 0.2) is 5.82 Å². The topological polar surface area (TPSA) is 66.3 Å². The molecule has 0 fully saturated rings. The highest BCUT2D eigenvalue weighted by molar-refractivity contribution is 6.30. The van der Waals surface area contributed by atoms with Gasteiger partial charge in [0.05, 0.1) is 0 Å². The first-order valence-electron chi connectivity index (χ1n) is 9.07. The molecule has 0 bridgehead atoms. The van der Waals surface area contributed by atoms with Crippen LogP contribution in [0.25, 0.3) is 11.4 Å². The number of hydrogen-bond donors (Lipinski definition) is 1. The summed E-state index contributed by atoms with van der Waals surface area (Å²) in [5.41, 5.74) is 3.09. The molecular formula is C22H22ClN3O2. The summed E-state index contributed by atoms with van der Waals surface area (Å²) in [5, 5.41) is 9.97. The van der Waals surface area contributed by atoms with Crippen molar-refractivity contribution in [1.82, 2.24) is 9.97 Å². The van der Waals surface area contributed by atoms with Crippen LogP contribution in [0.3, 0.4) is 0 Å². The Bertz CT molecular complexity index is 941. The summed E-state index contributed by atoms with van der Waals surface area (Å²) in [4.78, 5) is 22.1. The van der Waals surface area contributed by atoms with E-state index in [9.17, 15) is 9.90 Å². The summed E-state index contributed by atoms with van der Waals surface area (Å²) < 4.78 is 0. The van der Waals surface area contributed by atoms with Crippen molar-refractivity contribution >= 4 is 23.4 Å². The lowest BCUT2D eigenvalue weighted by molar-refractivity contribution is -0.135. The highest BCUT2D eigenvalue weighted by atomic mass is 35.5. The highest BCUT2D eigenvalue weighted by Crippen LogP contribution is 2.23. The Morgan fingerprint density at radius 2 is 1.75 bits per heavy atom. The lowest BCUT2D eigenvalue weighted by Crippen LogP contribution is -2.30. The number of nitrogens with zero attached hydrogens (tertiary/aromatic N) is 3. The second-order valence-corrected chi connectivity index (χ2v) is 7.33. The quantitative estimate of drug-likeness (QED) is 0.609. The molecule has 1 aromatic heterocycles. The largest absolute Gasteiger partial charge is 0.480 e. The molecule has 3 aromatic rings. The number of carbonyl (C=O) groups is 1. The zero-order chi connectivity index (χ0) is 20.1. The zero-order valence-corrected chi connectivity index (χ0v) is 16.6. The maximum atomic E-state index is 11.4. The monoisotopic (exact) mass is 395 g/mol. The van der Waals surface area contributed by atoms with Crippen LogP contribution in [0.4, 0.5) is 5.82 Å². The Morgan fingerprint density at radius 3 is 2.36 bits per heavy atom. The molecule has 1 heterocycles. The third-order valence-electron chi connectivity index (χ3n) is 4.41. The number of benzene rings is 2. The molecule has 6 heteroatoms. The number of aromatic nitrogens is 2. The number of hydrogen-bond acceptors (Lipinski definition) is 4. The van der Waals surface area contributed by atoms with Crippen molar-refractivity contribution < 1.29 is 9.90 Å². The van der Waals surface area contributed by atoms with Gasteiger partial charge in [-0.25, -0.2) is 9.97 Å². The van der Waals surface area contributed by atoms with Crippen LogP contribution in [-0.2, 0) is 11.3 Å². The summed E-state index contributed by atoms with van der Waals surface area (Å²) in [7, 11) is 0. The molecule has 0 aliphatic rings. The molecule has 5 nitrogen and oxygen atoms in total. The van der Waals surface area contributed by atoms with Crippen molar-refractivity contribution in [3.63, 3.8) is 0 Å². The van der Waals surface area contributed by atoms with Crippen LogP contribution < -0.4 is 4.90 Å². The van der Waals surface area contributed by atoms with Crippen molar-refractivity contribution in [2.24, 2.45) is 0 Å². The first-order valence-corrected chi connectivity index (χ1v) is 9.44. The predicted octanol–water partition coefficient (Wildman–Crippen LogP) is 5.01. The van der Waals surface area contributed by atoms with Gasteiger partial charge < -0.3 is 10.0 Å². The smallest absolute Gasteiger partial charge is 0.323 e. The Labute approximate surface area is 169 Å². The fourth-order valence-corrected chi connectivity index (χ4v) is 3.00. The van der Waals surface area contributed by atoms with Crippen molar-refractivity contribution in [3.05, 3.63) is 76.9 Å². The summed E-state index contributed by atoms with van der Waals surface area (Å²) >= 11 is 5.94. The van der Waals surface area contributed by atoms with Crippen LogP contribution in [0, 0.1) is 0 Å². The van der Waals surface area contributed by atoms with Gasteiger partial charge >= 0.3 is 5.97 Å². The van der Waals surface area contributed by atoms with E-state index in [1.54, 1.807) is 29.3 Å². The number of aliphatic carboxylic acids is 1. The van der Waals surface area contributed by atoms with Gasteiger partial charge in [-0.1, -0.05) is 61.8 Å². The first kappa shape index (κ1) is 19.8. The predicted molar refractivity (Wildman–Crippen MR) is 112 cm³/mol. The number of rotatable bonds is 7. The van der Waals surface area contributed by atoms with Crippen LogP contribution in [0.1, 0.15) is 30.9 Å². The molecule has 0 atom stereocenters. The molecule has 0 unspecified atom stereocenters. The minimum absolute atomic E-state index is 0.161. The van der Waals surface area contributed by atoms with Gasteiger partial charge in [0.1, 0.15) is 12.4 Å². The van der Waals surface area contributed by atoms with Crippen molar-refractivity contribution in [1.29, 1.82) is 0 Å². The van der Waals surface area contributed by atoms with E-state index < -0.39 is 5.97 Å². The summed E-state index contributed by atoms with van der Waals surface area (Å²) in [5.74, 6) is 0.664. The number of carboxylic acids is 1. The molecule has 0 saturated carbocycles. The SMILES string of the molecule is CC(C)c1ccc(-c2nccc(N(CC(=O)O)Cc3ccc(Cl)cc3)n2)cc1. The summed E-state index contributed by atoms with van der Waals surface area (Å²) in [6.45, 7) is 4.54. The lowest BCUT2D eigenvalue weighted by Gasteiger charge is -2.22. The molecule has 1 N–H and O–H groups in total. The average molecular weight is 396 g/mol. The van der Waals surface area contributed by atoms with E-state index in [1.807, 2.05) is 24.3 Å². The maximum absolute atomic E-state index is 11.4. The average Bonchev–Trinajstić information content (AvgIpc) is 2.69. The fraction of sp³-hybridized carbons (Fsp3) is 0.227. The molecular weight excluding hydrogens is 374 g/mol. The van der Waals surface area contributed by atoms with Crippen molar-refractivity contribution in [2.45, 2.75) is 26.3 Å². The third-order valence-corrected chi connectivity index (χ3v) is 4.67. The van der Waals surface area contributed by atoms with Gasteiger partial charge in [-0.2, -0.15) is 0 Å². The van der Waals surface area contributed by atoms with Crippen molar-refractivity contribution in [2.75, 3.05) is 11.4 Å². The van der Waals surface area contributed by atoms with Crippen molar-refractivity contribution in [3.8, 4) is 11.4 Å². The van der Waals surface area contributed by atoms with E-state index in [-0.39, 0.29) is 6.54 Å². The summed E-state index contributed by atoms with van der Waals surface area (Å²) in [6.07, 6.45) is 1.66. The van der Waals surface area contributed by atoms with Crippen LogP contribution in [0.15, 0.2) is 60.8 Å². The molecule has 2 aromatic carbocycles. The van der Waals surface area contributed by atoms with Gasteiger partial charge in [0.25, 0.3) is 0 Å². The van der Waals surface area contributed by atoms with E-state index in [0.717, 1.165) is 11.1 Å². The standard InChI is InChI=1S/C22H22ClN3O2/c1-15(2)17-5-7-18(8-6-17)22-24-12-11-20(25-22)26(14-21(27)28)13-16-3-9-19(23)10-4-16/h3-12,15H,13-14H2,1-2H3,(H,27,28). The Balaban J connectivity index is 1.89. The Kier molecular flexibility index (Phi) is 6.26. The van der Waals surface area contributed by atoms with E-state index in [0.29, 0.717) is 29.1 Å². The lowest BCUT2D eigenvalue weighted by atomic mass is 10.0. The van der Waals surface area contributed by atoms with Crippen LogP contribution >= 0.6 is 11.6 Å².